The van der Waals surface area contributed by atoms with E-state index in [1.54, 1.807) is 0 Å². The molecule has 0 saturated carbocycles. The van der Waals surface area contributed by atoms with Crippen LogP contribution in [0.4, 0.5) is 0 Å². The standard InChI is InChI=1S/C15H20BrNO3/c1-11-7-8-12(16)10-13(11)15(20)17-9-5-3-2-4-6-14(18)19/h7-8,10H,2-6,9H2,1H3,(H,17,20)(H,18,19). The van der Waals surface area contributed by atoms with E-state index in [1.165, 1.54) is 0 Å². The van der Waals surface area contributed by atoms with Crippen molar-refractivity contribution in [2.75, 3.05) is 6.54 Å². The Morgan fingerprint density at radius 3 is 2.60 bits per heavy atom. The van der Waals surface area contributed by atoms with Crippen LogP contribution in [0, 0.1) is 6.92 Å². The van der Waals surface area contributed by atoms with E-state index in [0.717, 1.165) is 29.3 Å². The molecule has 5 heteroatoms. The largest absolute Gasteiger partial charge is 0.481 e. The van der Waals surface area contributed by atoms with E-state index in [2.05, 4.69) is 21.2 Å². The lowest BCUT2D eigenvalue weighted by molar-refractivity contribution is -0.137. The van der Waals surface area contributed by atoms with Gasteiger partial charge >= 0.3 is 5.97 Å². The maximum atomic E-state index is 12.0. The predicted molar refractivity (Wildman–Crippen MR) is 81.9 cm³/mol. The fourth-order valence-electron chi connectivity index (χ4n) is 1.89. The second-order valence-electron chi connectivity index (χ2n) is 4.77. The molecule has 0 spiro atoms. The van der Waals surface area contributed by atoms with Crippen molar-refractivity contribution in [2.24, 2.45) is 0 Å². The zero-order valence-corrected chi connectivity index (χ0v) is 13.2. The number of benzene rings is 1. The molecule has 110 valence electrons. The molecule has 4 nitrogen and oxygen atoms in total. The van der Waals surface area contributed by atoms with Gasteiger partial charge in [-0.3, -0.25) is 9.59 Å². The van der Waals surface area contributed by atoms with Crippen LogP contribution in [0.3, 0.4) is 0 Å². The lowest BCUT2D eigenvalue weighted by Crippen LogP contribution is -2.25. The first kappa shape index (κ1) is 16.7. The molecule has 0 unspecified atom stereocenters. The van der Waals surface area contributed by atoms with Crippen molar-refractivity contribution in [3.8, 4) is 0 Å². The van der Waals surface area contributed by atoms with Crippen molar-refractivity contribution < 1.29 is 14.7 Å². The Kier molecular flexibility index (Phi) is 7.30. The minimum Gasteiger partial charge on any atom is -0.481 e. The number of amides is 1. The van der Waals surface area contributed by atoms with Crippen LogP contribution in [0.15, 0.2) is 22.7 Å². The number of carbonyl (C=O) groups is 2. The molecule has 0 aliphatic carbocycles. The summed E-state index contributed by atoms with van der Waals surface area (Å²) in [5, 5.41) is 11.4. The zero-order chi connectivity index (χ0) is 15.0. The average Bonchev–Trinajstić information content (AvgIpc) is 2.39. The highest BCUT2D eigenvalue weighted by molar-refractivity contribution is 9.10. The fourth-order valence-corrected chi connectivity index (χ4v) is 2.25. The summed E-state index contributed by atoms with van der Waals surface area (Å²) in [5.74, 6) is -0.808. The quantitative estimate of drug-likeness (QED) is 0.711. The molecule has 1 aromatic carbocycles. The molecular weight excluding hydrogens is 322 g/mol. The third kappa shape index (κ3) is 6.19. The Morgan fingerprint density at radius 1 is 1.20 bits per heavy atom. The van der Waals surface area contributed by atoms with E-state index in [0.29, 0.717) is 18.5 Å². The molecule has 1 aromatic rings. The highest BCUT2D eigenvalue weighted by atomic mass is 79.9. The first-order chi connectivity index (χ1) is 9.50. The number of carboxylic acids is 1. The van der Waals surface area contributed by atoms with E-state index >= 15 is 0 Å². The highest BCUT2D eigenvalue weighted by Gasteiger charge is 2.08. The summed E-state index contributed by atoms with van der Waals surface area (Å²) in [5.41, 5.74) is 1.64. The fraction of sp³-hybridized carbons (Fsp3) is 0.467. The van der Waals surface area contributed by atoms with Crippen molar-refractivity contribution in [3.05, 3.63) is 33.8 Å². The molecule has 0 bridgehead atoms. The number of aliphatic carboxylic acids is 1. The molecule has 1 amide bonds. The summed E-state index contributed by atoms with van der Waals surface area (Å²) >= 11 is 3.36. The van der Waals surface area contributed by atoms with Crippen LogP contribution >= 0.6 is 15.9 Å². The van der Waals surface area contributed by atoms with Gasteiger partial charge in [-0.15, -0.1) is 0 Å². The van der Waals surface area contributed by atoms with Crippen LogP contribution in [0.25, 0.3) is 0 Å². The van der Waals surface area contributed by atoms with Gasteiger partial charge < -0.3 is 10.4 Å². The maximum absolute atomic E-state index is 12.0. The van der Waals surface area contributed by atoms with Crippen molar-refractivity contribution in [2.45, 2.75) is 39.0 Å². The number of aryl methyl sites for hydroxylation is 1. The Morgan fingerprint density at radius 2 is 1.90 bits per heavy atom. The van der Waals surface area contributed by atoms with Gasteiger partial charge in [-0.05, 0) is 37.5 Å². The van der Waals surface area contributed by atoms with Crippen molar-refractivity contribution in [1.82, 2.24) is 5.32 Å². The third-order valence-electron chi connectivity index (χ3n) is 3.05. The number of nitrogens with one attached hydrogen (secondary N) is 1. The topological polar surface area (TPSA) is 66.4 Å². The number of unbranched alkanes of at least 4 members (excludes halogenated alkanes) is 3. The average molecular weight is 342 g/mol. The molecule has 20 heavy (non-hydrogen) atoms. The summed E-state index contributed by atoms with van der Waals surface area (Å²) < 4.78 is 0.891. The van der Waals surface area contributed by atoms with Gasteiger partial charge in [0.15, 0.2) is 0 Å². The van der Waals surface area contributed by atoms with Gasteiger partial charge in [-0.2, -0.15) is 0 Å². The number of halogens is 1. The molecule has 0 aliphatic rings. The summed E-state index contributed by atoms with van der Waals surface area (Å²) in [4.78, 5) is 22.3. The van der Waals surface area contributed by atoms with Gasteiger partial charge in [0, 0.05) is 23.0 Å². The highest BCUT2D eigenvalue weighted by Crippen LogP contribution is 2.15. The van der Waals surface area contributed by atoms with E-state index in [4.69, 9.17) is 5.11 Å². The van der Waals surface area contributed by atoms with Crippen molar-refractivity contribution in [3.63, 3.8) is 0 Å². The third-order valence-corrected chi connectivity index (χ3v) is 3.54. The lowest BCUT2D eigenvalue weighted by atomic mass is 10.1. The summed E-state index contributed by atoms with van der Waals surface area (Å²) in [6.45, 7) is 2.53. The first-order valence-electron chi connectivity index (χ1n) is 6.77. The van der Waals surface area contributed by atoms with E-state index in [1.807, 2.05) is 25.1 Å². The van der Waals surface area contributed by atoms with Crippen LogP contribution < -0.4 is 5.32 Å². The zero-order valence-electron chi connectivity index (χ0n) is 11.6. The van der Waals surface area contributed by atoms with Gasteiger partial charge in [0.1, 0.15) is 0 Å². The van der Waals surface area contributed by atoms with Gasteiger partial charge in [0.05, 0.1) is 0 Å². The van der Waals surface area contributed by atoms with Gasteiger partial charge in [0.25, 0.3) is 5.91 Å². The smallest absolute Gasteiger partial charge is 0.303 e. The van der Waals surface area contributed by atoms with Gasteiger partial charge in [-0.25, -0.2) is 0 Å². The number of carbonyl (C=O) groups excluding carboxylic acids is 1. The van der Waals surface area contributed by atoms with E-state index in [-0.39, 0.29) is 12.3 Å². The molecule has 0 aliphatic heterocycles. The van der Waals surface area contributed by atoms with Gasteiger partial charge in [-0.1, -0.05) is 34.8 Å². The Hall–Kier alpha value is -1.36. The predicted octanol–water partition coefficient (Wildman–Crippen LogP) is 3.52. The van der Waals surface area contributed by atoms with Crippen molar-refractivity contribution in [1.29, 1.82) is 0 Å². The van der Waals surface area contributed by atoms with Gasteiger partial charge in [0.2, 0.25) is 0 Å². The van der Waals surface area contributed by atoms with Crippen LogP contribution in [0.1, 0.15) is 48.0 Å². The molecule has 0 aromatic heterocycles. The first-order valence-corrected chi connectivity index (χ1v) is 7.56. The minimum absolute atomic E-state index is 0.0608. The number of hydrogen-bond acceptors (Lipinski definition) is 2. The van der Waals surface area contributed by atoms with Crippen LogP contribution in [-0.2, 0) is 4.79 Å². The number of rotatable bonds is 8. The minimum atomic E-state index is -0.747. The van der Waals surface area contributed by atoms with E-state index in [9.17, 15) is 9.59 Å². The number of hydrogen-bond donors (Lipinski definition) is 2. The molecule has 0 radical (unpaired) electrons. The molecule has 0 fully saturated rings. The van der Waals surface area contributed by atoms with Crippen LogP contribution in [-0.4, -0.2) is 23.5 Å². The van der Waals surface area contributed by atoms with E-state index < -0.39 is 5.97 Å². The monoisotopic (exact) mass is 341 g/mol. The summed E-state index contributed by atoms with van der Waals surface area (Å²) in [7, 11) is 0. The second-order valence-corrected chi connectivity index (χ2v) is 5.69. The molecule has 0 atom stereocenters. The maximum Gasteiger partial charge on any atom is 0.303 e. The summed E-state index contributed by atoms with van der Waals surface area (Å²) in [6, 6.07) is 5.64. The molecule has 0 heterocycles. The SMILES string of the molecule is Cc1ccc(Br)cc1C(=O)NCCCCCCC(=O)O. The Balaban J connectivity index is 2.23. The summed E-state index contributed by atoms with van der Waals surface area (Å²) in [6.07, 6.45) is 3.62. The molecule has 2 N–H and O–H groups in total. The van der Waals surface area contributed by atoms with Crippen LogP contribution in [0.2, 0.25) is 0 Å². The van der Waals surface area contributed by atoms with Crippen LogP contribution in [0.5, 0.6) is 0 Å². The second kappa shape index (κ2) is 8.74. The van der Waals surface area contributed by atoms with Crippen molar-refractivity contribution >= 4 is 27.8 Å². The number of carboxylic acid groups (broad SMARTS) is 1. The molecular formula is C15H20BrNO3. The normalized spacial score (nSPS) is 10.3. The molecule has 1 rings (SSSR count). The Labute approximate surface area is 127 Å². The lowest BCUT2D eigenvalue weighted by Gasteiger charge is -2.08. The Bertz CT molecular complexity index is 474. The molecule has 0 saturated heterocycles.